The Morgan fingerprint density at radius 1 is 1.07 bits per heavy atom. The summed E-state index contributed by atoms with van der Waals surface area (Å²) in [6.07, 6.45) is -1.20. The van der Waals surface area contributed by atoms with Gasteiger partial charge in [-0.05, 0) is 36.7 Å². The third-order valence-electron chi connectivity index (χ3n) is 7.33. The lowest BCUT2D eigenvalue weighted by atomic mass is 10.0. The second kappa shape index (κ2) is 11.8. The first-order chi connectivity index (χ1) is 19.6. The van der Waals surface area contributed by atoms with Gasteiger partial charge >= 0.3 is 6.18 Å². The van der Waals surface area contributed by atoms with Crippen LogP contribution >= 0.6 is 0 Å². The zero-order valence-corrected chi connectivity index (χ0v) is 23.1. The number of amides is 1. The maximum Gasteiger partial charge on any atom is 0.416 e. The summed E-state index contributed by atoms with van der Waals surface area (Å²) >= 11 is 0. The number of halogens is 3. The van der Waals surface area contributed by atoms with Gasteiger partial charge < -0.3 is 20.5 Å². The Balaban J connectivity index is 1.31. The van der Waals surface area contributed by atoms with Crippen LogP contribution in [0.3, 0.4) is 0 Å². The molecule has 2 aliphatic rings. The van der Waals surface area contributed by atoms with Gasteiger partial charge in [0.15, 0.2) is 0 Å². The number of piperazine rings is 1. The van der Waals surface area contributed by atoms with Gasteiger partial charge in [0, 0.05) is 69.5 Å². The van der Waals surface area contributed by atoms with E-state index in [2.05, 4.69) is 37.8 Å². The Bertz CT molecular complexity index is 1530. The van der Waals surface area contributed by atoms with Crippen LogP contribution in [0.4, 0.5) is 24.7 Å². The van der Waals surface area contributed by atoms with Crippen LogP contribution in [0, 0.1) is 11.8 Å². The number of carbonyl (C=O) groups excluding carboxylic acids is 1. The Kier molecular flexibility index (Phi) is 8.17. The van der Waals surface area contributed by atoms with E-state index in [4.69, 9.17) is 0 Å². The molecule has 5 rings (SSSR count). The molecule has 1 aromatic heterocycles. The summed E-state index contributed by atoms with van der Waals surface area (Å²) < 4.78 is 41.9. The van der Waals surface area contributed by atoms with E-state index < -0.39 is 23.7 Å². The molecule has 1 amide bonds. The third-order valence-corrected chi connectivity index (χ3v) is 7.33. The average molecular weight is 564 g/mol. The van der Waals surface area contributed by atoms with Crippen molar-refractivity contribution in [3.05, 3.63) is 77.1 Å². The molecule has 8 nitrogen and oxygen atoms in total. The molecule has 214 valence electrons. The highest BCUT2D eigenvalue weighted by molar-refractivity contribution is 5.97. The Morgan fingerprint density at radius 2 is 1.80 bits per heavy atom. The van der Waals surface area contributed by atoms with Crippen molar-refractivity contribution >= 4 is 28.2 Å². The van der Waals surface area contributed by atoms with Crippen LogP contribution in [0.5, 0.6) is 0 Å². The maximum absolute atomic E-state index is 14.0. The lowest BCUT2D eigenvalue weighted by Crippen LogP contribution is -2.44. The van der Waals surface area contributed by atoms with Crippen molar-refractivity contribution in [1.82, 2.24) is 25.2 Å². The van der Waals surface area contributed by atoms with Crippen molar-refractivity contribution in [3.8, 4) is 11.8 Å². The number of anilines is 2. The van der Waals surface area contributed by atoms with Gasteiger partial charge in [-0.2, -0.15) is 13.2 Å². The zero-order valence-electron chi connectivity index (χ0n) is 23.1. The van der Waals surface area contributed by atoms with Crippen LogP contribution in [0.15, 0.2) is 60.4 Å². The quantitative estimate of drug-likeness (QED) is 0.409. The van der Waals surface area contributed by atoms with Gasteiger partial charge in [-0.15, -0.1) is 0 Å². The van der Waals surface area contributed by atoms with Gasteiger partial charge in [0.2, 0.25) is 5.91 Å². The SMILES string of the molecule is CNc1ncc(C#CC2=CC(C(=O)Nc3ccc(CN4CCN(C)CC4)c(C(F)(F)F)c3)NN2C)c2ccccc12. The number of hydrogen-bond acceptors (Lipinski definition) is 7. The van der Waals surface area contributed by atoms with Crippen molar-refractivity contribution in [2.75, 3.05) is 58.0 Å². The predicted octanol–water partition coefficient (Wildman–Crippen LogP) is 3.74. The fraction of sp³-hybridized carbons (Fsp3) is 0.333. The number of hydrazine groups is 1. The first-order valence-corrected chi connectivity index (χ1v) is 13.3. The lowest BCUT2D eigenvalue weighted by molar-refractivity contribution is -0.138. The molecule has 3 N–H and O–H groups in total. The predicted molar refractivity (Wildman–Crippen MR) is 154 cm³/mol. The molecule has 11 heteroatoms. The molecule has 0 radical (unpaired) electrons. The number of pyridine rings is 1. The minimum Gasteiger partial charge on any atom is -0.373 e. The van der Waals surface area contributed by atoms with Gasteiger partial charge in [0.05, 0.1) is 11.1 Å². The van der Waals surface area contributed by atoms with Crippen molar-refractivity contribution < 1.29 is 18.0 Å². The Morgan fingerprint density at radius 3 is 2.51 bits per heavy atom. The molecular formula is C30H32F3N7O. The summed E-state index contributed by atoms with van der Waals surface area (Å²) in [6.45, 7) is 3.25. The van der Waals surface area contributed by atoms with E-state index in [9.17, 15) is 18.0 Å². The number of nitrogens with one attached hydrogen (secondary N) is 3. The molecule has 2 aliphatic heterocycles. The van der Waals surface area contributed by atoms with Crippen LogP contribution in [-0.2, 0) is 17.5 Å². The maximum atomic E-state index is 14.0. The largest absolute Gasteiger partial charge is 0.416 e. The molecule has 2 aromatic carbocycles. The molecule has 3 aromatic rings. The van der Waals surface area contributed by atoms with E-state index in [0.717, 1.165) is 41.3 Å². The molecule has 0 aliphatic carbocycles. The van der Waals surface area contributed by atoms with E-state index >= 15 is 0 Å². The van der Waals surface area contributed by atoms with Crippen molar-refractivity contribution in [1.29, 1.82) is 0 Å². The normalized spacial score (nSPS) is 18.1. The van der Waals surface area contributed by atoms with E-state index in [-0.39, 0.29) is 17.8 Å². The number of hydrogen-bond donors (Lipinski definition) is 3. The standard InChI is InChI=1S/C30H32F3N7O/c1-34-28-25-7-5-4-6-24(25)20(18-35-28)9-11-23-17-27(37-39(23)3)29(41)36-22-10-8-21(26(16-22)30(31,32)33)19-40-14-12-38(2)13-15-40/h4-8,10,16-18,27,37H,12-15,19H2,1-3H3,(H,34,35)(H,36,41). The summed E-state index contributed by atoms with van der Waals surface area (Å²) in [5.41, 5.74) is 3.84. The number of alkyl halides is 3. The molecule has 0 saturated carbocycles. The number of likely N-dealkylation sites (N-methyl/N-ethyl adjacent to an activating group) is 1. The first-order valence-electron chi connectivity index (χ1n) is 13.3. The van der Waals surface area contributed by atoms with Crippen molar-refractivity contribution in [2.45, 2.75) is 18.8 Å². The van der Waals surface area contributed by atoms with E-state index in [1.165, 1.54) is 12.1 Å². The van der Waals surface area contributed by atoms with Crippen LogP contribution < -0.4 is 16.1 Å². The van der Waals surface area contributed by atoms with Gasteiger partial charge in [-0.3, -0.25) is 9.69 Å². The molecule has 1 fully saturated rings. The van der Waals surface area contributed by atoms with E-state index in [1.54, 1.807) is 24.3 Å². The smallest absolute Gasteiger partial charge is 0.373 e. The van der Waals surface area contributed by atoms with Crippen LogP contribution in [0.2, 0.25) is 0 Å². The summed E-state index contributed by atoms with van der Waals surface area (Å²) in [5, 5.41) is 9.21. The molecular weight excluding hydrogens is 531 g/mol. The summed E-state index contributed by atoms with van der Waals surface area (Å²) in [7, 11) is 5.53. The minimum absolute atomic E-state index is 0.0870. The van der Waals surface area contributed by atoms with Gasteiger partial charge in [-0.25, -0.2) is 10.4 Å². The number of aromatic nitrogens is 1. The Labute approximate surface area is 237 Å². The van der Waals surface area contributed by atoms with Gasteiger partial charge in [0.25, 0.3) is 0 Å². The lowest BCUT2D eigenvalue weighted by Gasteiger charge is -2.33. The topological polar surface area (TPSA) is 75.8 Å². The molecule has 41 heavy (non-hydrogen) atoms. The fourth-order valence-corrected chi connectivity index (χ4v) is 4.99. The first kappa shape index (κ1) is 28.4. The number of fused-ring (bicyclic) bond motifs is 1. The number of nitrogens with zero attached hydrogens (tertiary/aromatic N) is 4. The molecule has 3 heterocycles. The second-order valence-electron chi connectivity index (χ2n) is 10.2. The van der Waals surface area contributed by atoms with Crippen LogP contribution in [0.25, 0.3) is 10.8 Å². The fourth-order valence-electron chi connectivity index (χ4n) is 4.99. The van der Waals surface area contributed by atoms with Crippen molar-refractivity contribution in [3.63, 3.8) is 0 Å². The number of rotatable bonds is 5. The van der Waals surface area contributed by atoms with Crippen LogP contribution in [-0.4, -0.2) is 79.1 Å². The monoisotopic (exact) mass is 563 g/mol. The van der Waals surface area contributed by atoms with Crippen molar-refractivity contribution in [2.24, 2.45) is 0 Å². The minimum atomic E-state index is -4.54. The van der Waals surface area contributed by atoms with Crippen LogP contribution in [0.1, 0.15) is 16.7 Å². The summed E-state index contributed by atoms with van der Waals surface area (Å²) in [5.74, 6) is 6.48. The summed E-state index contributed by atoms with van der Waals surface area (Å²) in [6, 6.07) is 11.0. The highest BCUT2D eigenvalue weighted by Crippen LogP contribution is 2.35. The average Bonchev–Trinajstić information content (AvgIpc) is 3.33. The molecule has 0 bridgehead atoms. The number of carbonyl (C=O) groups is 1. The van der Waals surface area contributed by atoms with Gasteiger partial charge in [-0.1, -0.05) is 36.3 Å². The third kappa shape index (κ3) is 6.46. The Hall–Kier alpha value is -4.11. The molecule has 0 spiro atoms. The second-order valence-corrected chi connectivity index (χ2v) is 10.2. The molecule has 1 atom stereocenters. The highest BCUT2D eigenvalue weighted by Gasteiger charge is 2.34. The molecule has 1 unspecified atom stereocenters. The zero-order chi connectivity index (χ0) is 29.1. The van der Waals surface area contributed by atoms with E-state index in [1.807, 2.05) is 43.3 Å². The number of benzene rings is 2. The molecule has 1 saturated heterocycles. The highest BCUT2D eigenvalue weighted by atomic mass is 19.4. The summed E-state index contributed by atoms with van der Waals surface area (Å²) in [4.78, 5) is 21.6. The van der Waals surface area contributed by atoms with Gasteiger partial charge in [0.1, 0.15) is 17.6 Å². The van der Waals surface area contributed by atoms with E-state index in [0.29, 0.717) is 18.8 Å². The number of allylic oxidation sites excluding steroid dienone is 1.